The van der Waals surface area contributed by atoms with Gasteiger partial charge in [-0.15, -0.1) is 0 Å². The summed E-state index contributed by atoms with van der Waals surface area (Å²) in [5.74, 6) is 0.783. The zero-order valence-corrected chi connectivity index (χ0v) is 8.52. The van der Waals surface area contributed by atoms with E-state index in [-0.39, 0.29) is 11.4 Å². The predicted octanol–water partition coefficient (Wildman–Crippen LogP) is 2.01. The first kappa shape index (κ1) is 9.34. The molecule has 1 saturated heterocycles. The molecule has 2 atom stereocenters. The minimum atomic E-state index is -0.373. The number of benzene rings is 1. The monoisotopic (exact) mass is 202 g/mol. The van der Waals surface area contributed by atoms with E-state index in [0.29, 0.717) is 11.8 Å². The van der Waals surface area contributed by atoms with Crippen LogP contribution in [0, 0.1) is 18.7 Å². The molecule has 0 aromatic heterocycles. The molecule has 1 aliphatic carbocycles. The van der Waals surface area contributed by atoms with E-state index < -0.39 is 0 Å². The highest BCUT2D eigenvalue weighted by molar-refractivity contribution is 5.39. The molecule has 2 heteroatoms. The van der Waals surface area contributed by atoms with Crippen LogP contribution in [0.15, 0.2) is 12.1 Å². The van der Waals surface area contributed by atoms with E-state index in [1.54, 1.807) is 12.1 Å². The Labute approximate surface area is 89.7 Å². The summed E-state index contributed by atoms with van der Waals surface area (Å²) in [7, 11) is 0. The Morgan fingerprint density at radius 1 is 1.33 bits per heavy atom. The molecule has 77 valence electrons. The van der Waals surface area contributed by atoms with Gasteiger partial charge in [-0.2, -0.15) is 0 Å². The van der Waals surface area contributed by atoms with Gasteiger partial charge in [0.05, 0.1) is 0 Å². The van der Waals surface area contributed by atoms with Crippen LogP contribution in [0.1, 0.15) is 29.0 Å². The molecule has 3 radical (unpaired) electrons. The summed E-state index contributed by atoms with van der Waals surface area (Å²) in [6.45, 7) is 9.53. The maximum Gasteiger partial charge on any atom is 0.127 e. The molecule has 2 unspecified atom stereocenters. The van der Waals surface area contributed by atoms with Gasteiger partial charge in [-0.05, 0) is 54.0 Å². The SMILES string of the molecule is [C]c1cc2c(cc1F)CC1CNCC2C1. The average molecular weight is 202 g/mol. The quantitative estimate of drug-likeness (QED) is 0.678. The van der Waals surface area contributed by atoms with Crippen molar-refractivity contribution in [1.82, 2.24) is 5.32 Å². The number of hydrogen-bond donors (Lipinski definition) is 1. The molecule has 1 N–H and O–H groups in total. The van der Waals surface area contributed by atoms with Crippen LogP contribution >= 0.6 is 0 Å². The minimum absolute atomic E-state index is 0.0396. The second-order valence-corrected chi connectivity index (χ2v) is 4.69. The van der Waals surface area contributed by atoms with Crippen molar-refractivity contribution in [2.45, 2.75) is 18.8 Å². The average Bonchev–Trinajstić information content (AvgIpc) is 2.22. The lowest BCUT2D eigenvalue weighted by Crippen LogP contribution is -2.39. The first-order chi connectivity index (χ1) is 7.24. The Hall–Kier alpha value is -0.890. The van der Waals surface area contributed by atoms with Crippen molar-refractivity contribution in [2.75, 3.05) is 13.1 Å². The highest BCUT2D eigenvalue weighted by atomic mass is 19.1. The molecule has 0 amide bonds. The normalized spacial score (nSPS) is 28.7. The van der Waals surface area contributed by atoms with Gasteiger partial charge in [0.2, 0.25) is 0 Å². The van der Waals surface area contributed by atoms with Gasteiger partial charge in [0.1, 0.15) is 5.82 Å². The predicted molar refractivity (Wildman–Crippen MR) is 56.2 cm³/mol. The molecule has 1 aromatic carbocycles. The van der Waals surface area contributed by atoms with Gasteiger partial charge in [-0.1, -0.05) is 6.07 Å². The van der Waals surface area contributed by atoms with Crippen molar-refractivity contribution >= 4 is 0 Å². The molecule has 1 aromatic rings. The van der Waals surface area contributed by atoms with Gasteiger partial charge in [0, 0.05) is 13.5 Å². The van der Waals surface area contributed by atoms with Crippen LogP contribution in [0.2, 0.25) is 0 Å². The summed E-state index contributed by atoms with van der Waals surface area (Å²) in [4.78, 5) is 0. The molecule has 1 heterocycles. The van der Waals surface area contributed by atoms with Crippen LogP contribution < -0.4 is 5.32 Å². The van der Waals surface area contributed by atoms with Crippen molar-refractivity contribution in [3.63, 3.8) is 0 Å². The summed E-state index contributed by atoms with van der Waals surface area (Å²) in [5.41, 5.74) is 2.37. The van der Waals surface area contributed by atoms with Gasteiger partial charge >= 0.3 is 0 Å². The third-order valence-electron chi connectivity index (χ3n) is 3.62. The zero-order chi connectivity index (χ0) is 10.4. The summed E-state index contributed by atoms with van der Waals surface area (Å²) in [6.07, 6.45) is 2.17. The molecule has 1 aliphatic heterocycles. The van der Waals surface area contributed by atoms with E-state index in [2.05, 4.69) is 5.32 Å². The van der Waals surface area contributed by atoms with E-state index in [4.69, 9.17) is 6.92 Å². The van der Waals surface area contributed by atoms with E-state index in [9.17, 15) is 4.39 Å². The van der Waals surface area contributed by atoms with E-state index >= 15 is 0 Å². The third-order valence-corrected chi connectivity index (χ3v) is 3.62. The van der Waals surface area contributed by atoms with Gasteiger partial charge in [-0.3, -0.25) is 0 Å². The van der Waals surface area contributed by atoms with Crippen LogP contribution in [0.3, 0.4) is 0 Å². The molecule has 1 nitrogen and oxygen atoms in total. The standard InChI is InChI=1S/C13H13FN/c1-8-2-12-10(5-13(8)14)3-9-4-11(12)7-15-6-9/h2,5,9,11,15H,3-4,6-7H2. The number of halogens is 1. The lowest BCUT2D eigenvalue weighted by molar-refractivity contribution is 0.317. The molecular formula is C13H13FN. The first-order valence-electron chi connectivity index (χ1n) is 5.48. The highest BCUT2D eigenvalue weighted by Gasteiger charge is 2.30. The van der Waals surface area contributed by atoms with E-state index in [1.807, 2.05) is 0 Å². The molecule has 3 rings (SSSR count). The van der Waals surface area contributed by atoms with Crippen molar-refractivity contribution in [3.8, 4) is 0 Å². The smallest absolute Gasteiger partial charge is 0.127 e. The Bertz CT molecular complexity index is 400. The van der Waals surface area contributed by atoms with Gasteiger partial charge < -0.3 is 5.32 Å². The largest absolute Gasteiger partial charge is 0.316 e. The fourth-order valence-corrected chi connectivity index (χ4v) is 2.92. The minimum Gasteiger partial charge on any atom is -0.316 e. The molecule has 2 aliphatic rings. The lowest BCUT2D eigenvalue weighted by Gasteiger charge is -2.37. The van der Waals surface area contributed by atoms with Gasteiger partial charge in [0.15, 0.2) is 0 Å². The second kappa shape index (κ2) is 3.31. The van der Waals surface area contributed by atoms with Crippen molar-refractivity contribution in [2.24, 2.45) is 5.92 Å². The van der Waals surface area contributed by atoms with Crippen LogP contribution in [-0.2, 0) is 6.42 Å². The van der Waals surface area contributed by atoms with E-state index in [0.717, 1.165) is 25.1 Å². The summed E-state index contributed by atoms with van der Waals surface area (Å²) >= 11 is 0. The number of nitrogens with one attached hydrogen (secondary N) is 1. The van der Waals surface area contributed by atoms with Gasteiger partial charge in [-0.25, -0.2) is 4.39 Å². The molecule has 0 spiro atoms. The summed E-state index contributed by atoms with van der Waals surface area (Å²) in [5, 5.41) is 3.41. The van der Waals surface area contributed by atoms with Crippen LogP contribution in [-0.4, -0.2) is 13.1 Å². The Morgan fingerprint density at radius 3 is 3.07 bits per heavy atom. The maximum absolute atomic E-state index is 13.3. The topological polar surface area (TPSA) is 12.0 Å². The van der Waals surface area contributed by atoms with Gasteiger partial charge in [0.25, 0.3) is 0 Å². The van der Waals surface area contributed by atoms with Crippen molar-refractivity contribution in [3.05, 3.63) is 41.6 Å². The Balaban J connectivity index is 2.09. The molecule has 0 saturated carbocycles. The fraction of sp³-hybridized carbons (Fsp3) is 0.462. The number of rotatable bonds is 0. The van der Waals surface area contributed by atoms with Crippen molar-refractivity contribution < 1.29 is 4.39 Å². The number of hydrogen-bond acceptors (Lipinski definition) is 1. The number of fused-ring (bicyclic) bond motifs is 4. The molecular weight excluding hydrogens is 189 g/mol. The van der Waals surface area contributed by atoms with E-state index in [1.165, 1.54) is 12.0 Å². The Morgan fingerprint density at radius 2 is 2.20 bits per heavy atom. The van der Waals surface area contributed by atoms with Crippen LogP contribution in [0.4, 0.5) is 4.39 Å². The van der Waals surface area contributed by atoms with Crippen LogP contribution in [0.5, 0.6) is 0 Å². The molecule has 2 bridgehead atoms. The Kier molecular flexibility index (Phi) is 2.06. The third kappa shape index (κ3) is 1.48. The summed E-state index contributed by atoms with van der Waals surface area (Å²) < 4.78 is 13.3. The fourth-order valence-electron chi connectivity index (χ4n) is 2.92. The maximum atomic E-state index is 13.3. The number of piperidine rings is 1. The highest BCUT2D eigenvalue weighted by Crippen LogP contribution is 2.37. The van der Waals surface area contributed by atoms with Crippen molar-refractivity contribution in [1.29, 1.82) is 0 Å². The molecule has 15 heavy (non-hydrogen) atoms. The summed E-state index contributed by atoms with van der Waals surface area (Å²) in [6, 6.07) is 3.29. The molecule has 1 fully saturated rings. The second-order valence-electron chi connectivity index (χ2n) is 4.69. The van der Waals surface area contributed by atoms with Crippen LogP contribution in [0.25, 0.3) is 0 Å². The zero-order valence-electron chi connectivity index (χ0n) is 8.52. The first-order valence-corrected chi connectivity index (χ1v) is 5.48. The lowest BCUT2D eigenvalue weighted by atomic mass is 9.74.